The summed E-state index contributed by atoms with van der Waals surface area (Å²) in [6.45, 7) is 9.70. The molecule has 1 amide bonds. The largest absolute Gasteiger partial charge is 0.335 e. The van der Waals surface area contributed by atoms with E-state index in [0.717, 1.165) is 48.2 Å². The average Bonchev–Trinajstić information content (AvgIpc) is 2.83. The van der Waals surface area contributed by atoms with Crippen molar-refractivity contribution < 1.29 is 4.79 Å². The fourth-order valence-corrected chi connectivity index (χ4v) is 3.16. The smallest absolute Gasteiger partial charge is 0.265 e. The number of aryl methyl sites for hydroxylation is 1. The highest BCUT2D eigenvalue weighted by molar-refractivity contribution is 7.13. The van der Waals surface area contributed by atoms with Crippen LogP contribution in [0.5, 0.6) is 0 Å². The van der Waals surface area contributed by atoms with E-state index in [4.69, 9.17) is 0 Å². The van der Waals surface area contributed by atoms with Gasteiger partial charge in [-0.05, 0) is 6.42 Å². The molecule has 1 saturated heterocycles. The summed E-state index contributed by atoms with van der Waals surface area (Å²) in [5.41, 5.74) is 0.965. The van der Waals surface area contributed by atoms with Gasteiger partial charge in [0, 0.05) is 32.1 Å². The van der Waals surface area contributed by atoms with Crippen LogP contribution in [0.15, 0.2) is 0 Å². The maximum Gasteiger partial charge on any atom is 0.265 e. The van der Waals surface area contributed by atoms with E-state index in [9.17, 15) is 4.79 Å². The minimum atomic E-state index is 0.165. The molecular weight excluding hydrogens is 246 g/mol. The summed E-state index contributed by atoms with van der Waals surface area (Å²) in [7, 11) is 0. The molecule has 0 spiro atoms. The third-order valence-electron chi connectivity index (χ3n) is 3.14. The SMILES string of the molecule is CCc1nc(C(C)C)sc1C(=O)N1CCNCC1. The number of amides is 1. The third kappa shape index (κ3) is 2.72. The number of nitrogens with one attached hydrogen (secondary N) is 1. The lowest BCUT2D eigenvalue weighted by Gasteiger charge is -2.27. The van der Waals surface area contributed by atoms with Gasteiger partial charge in [0.05, 0.1) is 10.7 Å². The summed E-state index contributed by atoms with van der Waals surface area (Å²) in [6, 6.07) is 0. The summed E-state index contributed by atoms with van der Waals surface area (Å²) in [5, 5.41) is 4.34. The Morgan fingerprint density at radius 2 is 2.11 bits per heavy atom. The molecule has 0 radical (unpaired) electrons. The Morgan fingerprint density at radius 3 is 2.67 bits per heavy atom. The van der Waals surface area contributed by atoms with Gasteiger partial charge in [0.15, 0.2) is 0 Å². The molecule has 0 unspecified atom stereocenters. The molecule has 0 bridgehead atoms. The predicted molar refractivity (Wildman–Crippen MR) is 74.4 cm³/mol. The van der Waals surface area contributed by atoms with Crippen molar-refractivity contribution in [3.05, 3.63) is 15.6 Å². The number of nitrogens with zero attached hydrogens (tertiary/aromatic N) is 2. The quantitative estimate of drug-likeness (QED) is 0.909. The third-order valence-corrected chi connectivity index (χ3v) is 4.53. The molecule has 0 saturated carbocycles. The number of hydrogen-bond acceptors (Lipinski definition) is 4. The first kappa shape index (κ1) is 13.5. The first-order chi connectivity index (χ1) is 8.63. The van der Waals surface area contributed by atoms with Gasteiger partial charge < -0.3 is 10.2 Å². The molecule has 4 nitrogen and oxygen atoms in total. The van der Waals surface area contributed by atoms with Crippen molar-refractivity contribution in [3.63, 3.8) is 0 Å². The van der Waals surface area contributed by atoms with Crippen molar-refractivity contribution in [2.75, 3.05) is 26.2 Å². The Morgan fingerprint density at radius 1 is 1.44 bits per heavy atom. The number of thiazole rings is 1. The lowest BCUT2D eigenvalue weighted by molar-refractivity contribution is 0.0739. The van der Waals surface area contributed by atoms with Crippen molar-refractivity contribution in [3.8, 4) is 0 Å². The summed E-state index contributed by atoms with van der Waals surface area (Å²) in [5.74, 6) is 0.558. The van der Waals surface area contributed by atoms with Gasteiger partial charge in [-0.1, -0.05) is 20.8 Å². The molecule has 1 aromatic heterocycles. The van der Waals surface area contributed by atoms with Crippen LogP contribution in [0.4, 0.5) is 0 Å². The Balaban J connectivity index is 2.22. The van der Waals surface area contributed by atoms with E-state index in [-0.39, 0.29) is 5.91 Å². The van der Waals surface area contributed by atoms with Crippen LogP contribution in [0, 0.1) is 0 Å². The fourth-order valence-electron chi connectivity index (χ4n) is 2.04. The van der Waals surface area contributed by atoms with Crippen LogP contribution in [0.3, 0.4) is 0 Å². The summed E-state index contributed by atoms with van der Waals surface area (Å²) in [4.78, 5) is 19.9. The van der Waals surface area contributed by atoms with Gasteiger partial charge in [-0.2, -0.15) is 0 Å². The highest BCUT2D eigenvalue weighted by Gasteiger charge is 2.24. The van der Waals surface area contributed by atoms with E-state index in [2.05, 4.69) is 31.1 Å². The zero-order valence-electron chi connectivity index (χ0n) is 11.3. The van der Waals surface area contributed by atoms with Crippen molar-refractivity contribution >= 4 is 17.2 Å². The number of carbonyl (C=O) groups is 1. The van der Waals surface area contributed by atoms with Gasteiger partial charge in [0.25, 0.3) is 5.91 Å². The van der Waals surface area contributed by atoms with Gasteiger partial charge in [-0.3, -0.25) is 4.79 Å². The summed E-state index contributed by atoms with van der Waals surface area (Å²) < 4.78 is 0. The van der Waals surface area contributed by atoms with E-state index in [0.29, 0.717) is 5.92 Å². The lowest BCUT2D eigenvalue weighted by Crippen LogP contribution is -2.46. The van der Waals surface area contributed by atoms with Crippen molar-refractivity contribution in [2.24, 2.45) is 0 Å². The highest BCUT2D eigenvalue weighted by Crippen LogP contribution is 2.26. The number of hydrogen-bond donors (Lipinski definition) is 1. The van der Waals surface area contributed by atoms with Gasteiger partial charge >= 0.3 is 0 Å². The molecule has 2 heterocycles. The van der Waals surface area contributed by atoms with E-state index in [1.54, 1.807) is 11.3 Å². The lowest BCUT2D eigenvalue weighted by atomic mass is 10.2. The molecule has 1 N–H and O–H groups in total. The zero-order chi connectivity index (χ0) is 13.1. The van der Waals surface area contributed by atoms with Crippen molar-refractivity contribution in [1.82, 2.24) is 15.2 Å². The monoisotopic (exact) mass is 267 g/mol. The normalized spacial score (nSPS) is 16.3. The van der Waals surface area contributed by atoms with Crippen LogP contribution in [0.1, 0.15) is 47.1 Å². The summed E-state index contributed by atoms with van der Waals surface area (Å²) >= 11 is 1.57. The molecular formula is C13H21N3OS. The second-order valence-corrected chi connectivity index (χ2v) is 5.91. The first-order valence-corrected chi connectivity index (χ1v) is 7.44. The topological polar surface area (TPSA) is 45.2 Å². The van der Waals surface area contributed by atoms with Crippen LogP contribution in [0.25, 0.3) is 0 Å². The van der Waals surface area contributed by atoms with E-state index in [1.807, 2.05) is 4.90 Å². The number of piperazine rings is 1. The van der Waals surface area contributed by atoms with Gasteiger partial charge in [-0.15, -0.1) is 11.3 Å². The molecule has 1 fully saturated rings. The second-order valence-electron chi connectivity index (χ2n) is 4.88. The summed E-state index contributed by atoms with van der Waals surface area (Å²) in [6.07, 6.45) is 0.830. The highest BCUT2D eigenvalue weighted by atomic mass is 32.1. The van der Waals surface area contributed by atoms with Crippen molar-refractivity contribution in [2.45, 2.75) is 33.1 Å². The Kier molecular flexibility index (Phi) is 4.35. The van der Waals surface area contributed by atoms with Crippen LogP contribution >= 0.6 is 11.3 Å². The minimum Gasteiger partial charge on any atom is -0.335 e. The molecule has 1 aliphatic heterocycles. The predicted octanol–water partition coefficient (Wildman–Crippen LogP) is 1.87. The number of carbonyl (C=O) groups excluding carboxylic acids is 1. The van der Waals surface area contributed by atoms with Crippen molar-refractivity contribution in [1.29, 1.82) is 0 Å². The Bertz CT molecular complexity index is 422. The molecule has 0 aromatic carbocycles. The van der Waals surface area contributed by atoms with Crippen LogP contribution in [-0.2, 0) is 6.42 Å². The Hall–Kier alpha value is -0.940. The maximum absolute atomic E-state index is 12.5. The minimum absolute atomic E-state index is 0.165. The standard InChI is InChI=1S/C13H21N3OS/c1-4-10-11(18-12(15-10)9(2)3)13(17)16-7-5-14-6-8-16/h9,14H,4-8H2,1-3H3. The maximum atomic E-state index is 12.5. The molecule has 0 aliphatic carbocycles. The molecule has 0 atom stereocenters. The van der Waals surface area contributed by atoms with E-state index in [1.165, 1.54) is 0 Å². The fraction of sp³-hybridized carbons (Fsp3) is 0.692. The molecule has 2 rings (SSSR count). The molecule has 1 aliphatic rings. The average molecular weight is 267 g/mol. The molecule has 5 heteroatoms. The van der Waals surface area contributed by atoms with Crippen LogP contribution in [-0.4, -0.2) is 42.0 Å². The van der Waals surface area contributed by atoms with E-state index < -0.39 is 0 Å². The van der Waals surface area contributed by atoms with Crippen LogP contribution < -0.4 is 5.32 Å². The van der Waals surface area contributed by atoms with Gasteiger partial charge in [0.2, 0.25) is 0 Å². The second kappa shape index (κ2) is 5.80. The molecule has 100 valence electrons. The van der Waals surface area contributed by atoms with E-state index >= 15 is 0 Å². The van der Waals surface area contributed by atoms with Gasteiger partial charge in [-0.25, -0.2) is 4.98 Å². The van der Waals surface area contributed by atoms with Crippen LogP contribution in [0.2, 0.25) is 0 Å². The number of aromatic nitrogens is 1. The molecule has 18 heavy (non-hydrogen) atoms. The first-order valence-electron chi connectivity index (χ1n) is 6.63. The molecule has 1 aromatic rings. The van der Waals surface area contributed by atoms with Gasteiger partial charge in [0.1, 0.15) is 4.88 Å². The zero-order valence-corrected chi connectivity index (χ0v) is 12.1. The number of rotatable bonds is 3. The Labute approximate surface area is 112 Å².